The van der Waals surface area contributed by atoms with Crippen LogP contribution in [0.15, 0.2) is 53.3 Å². The Balaban J connectivity index is 1.92. The molecular formula is C25H27N3O5. The van der Waals surface area contributed by atoms with Crippen molar-refractivity contribution in [3.05, 3.63) is 81.3 Å². The molecule has 0 saturated heterocycles. The molecule has 3 rings (SSSR count). The van der Waals surface area contributed by atoms with Crippen molar-refractivity contribution in [2.45, 2.75) is 33.2 Å². The summed E-state index contributed by atoms with van der Waals surface area (Å²) in [6, 6.07) is 13.0. The minimum Gasteiger partial charge on any atom is -0.505 e. The number of aromatic nitrogens is 1. The number of hydrogen-bond donors (Lipinski definition) is 4. The van der Waals surface area contributed by atoms with E-state index >= 15 is 0 Å². The van der Waals surface area contributed by atoms with E-state index in [0.29, 0.717) is 11.3 Å². The van der Waals surface area contributed by atoms with Crippen LogP contribution in [-0.4, -0.2) is 26.8 Å². The highest BCUT2D eigenvalue weighted by molar-refractivity contribution is 5.91. The van der Waals surface area contributed by atoms with Crippen molar-refractivity contribution in [1.29, 1.82) is 0 Å². The third-order valence-electron chi connectivity index (χ3n) is 5.63. The van der Waals surface area contributed by atoms with Gasteiger partial charge in [0.2, 0.25) is 0 Å². The largest absolute Gasteiger partial charge is 0.505 e. The van der Waals surface area contributed by atoms with E-state index in [4.69, 9.17) is 0 Å². The molecule has 33 heavy (non-hydrogen) atoms. The number of hydrogen-bond acceptors (Lipinski definition) is 4. The van der Waals surface area contributed by atoms with Gasteiger partial charge in [0.15, 0.2) is 5.69 Å². The fraction of sp³-hybridized carbons (Fsp3) is 0.240. The average molecular weight is 450 g/mol. The maximum atomic E-state index is 12.7. The zero-order chi connectivity index (χ0) is 24.3. The molecule has 0 unspecified atom stereocenters. The van der Waals surface area contributed by atoms with Gasteiger partial charge >= 0.3 is 12.0 Å². The molecule has 0 saturated carbocycles. The number of carboxylic acids is 1. The molecule has 1 heterocycles. The number of amides is 2. The standard InChI is InChI=1S/C25H27N3O5/c1-14-7-5-8-15(2)22(14)18-10-6-9-17(12-18)19(13-21(30)31)26-25(33)27-23-20(29)11-16(3)28(4)24(23)32/h5-12,19,29H,13H2,1-4H3,(H,30,31)(H2,26,27,33)/t19-/m0/s1. The molecule has 0 spiro atoms. The van der Waals surface area contributed by atoms with Crippen LogP contribution >= 0.6 is 0 Å². The predicted octanol–water partition coefficient (Wildman–Crippen LogP) is 4.02. The average Bonchev–Trinajstić information content (AvgIpc) is 2.74. The van der Waals surface area contributed by atoms with Crippen LogP contribution in [0.2, 0.25) is 0 Å². The summed E-state index contributed by atoms with van der Waals surface area (Å²) >= 11 is 0. The molecule has 8 heteroatoms. The number of carboxylic acid groups (broad SMARTS) is 1. The van der Waals surface area contributed by atoms with Gasteiger partial charge in [-0.1, -0.05) is 36.4 Å². The van der Waals surface area contributed by atoms with E-state index in [0.717, 1.165) is 22.3 Å². The molecule has 0 bridgehead atoms. The van der Waals surface area contributed by atoms with Crippen molar-refractivity contribution in [1.82, 2.24) is 9.88 Å². The second-order valence-electron chi connectivity index (χ2n) is 8.05. The Morgan fingerprint density at radius 1 is 1.03 bits per heavy atom. The number of aliphatic carboxylic acids is 1. The summed E-state index contributed by atoms with van der Waals surface area (Å²) in [5.74, 6) is -1.45. The lowest BCUT2D eigenvalue weighted by atomic mass is 9.93. The molecule has 0 aliphatic rings. The molecule has 0 aliphatic heterocycles. The Hall–Kier alpha value is -4.07. The lowest BCUT2D eigenvalue weighted by molar-refractivity contribution is -0.137. The maximum absolute atomic E-state index is 12.7. The summed E-state index contributed by atoms with van der Waals surface area (Å²) in [5, 5.41) is 24.5. The number of aromatic hydroxyl groups is 1. The number of nitrogens with zero attached hydrogens (tertiary/aromatic N) is 1. The molecular weight excluding hydrogens is 422 g/mol. The third kappa shape index (κ3) is 5.23. The highest BCUT2D eigenvalue weighted by atomic mass is 16.4. The first-order valence-electron chi connectivity index (χ1n) is 10.4. The fourth-order valence-corrected chi connectivity index (χ4v) is 3.84. The SMILES string of the molecule is Cc1cccc(C)c1-c1cccc([C@H](CC(=O)O)NC(=O)Nc2c(O)cc(C)n(C)c2=O)c1. The highest BCUT2D eigenvalue weighted by Gasteiger charge is 2.21. The maximum Gasteiger partial charge on any atom is 0.319 e. The van der Waals surface area contributed by atoms with Crippen LogP contribution in [0.25, 0.3) is 11.1 Å². The molecule has 3 aromatic rings. The fourth-order valence-electron chi connectivity index (χ4n) is 3.84. The number of pyridine rings is 1. The lowest BCUT2D eigenvalue weighted by Gasteiger charge is -2.20. The van der Waals surface area contributed by atoms with Crippen molar-refractivity contribution >= 4 is 17.7 Å². The minimum atomic E-state index is -1.09. The quantitative estimate of drug-likeness (QED) is 0.453. The van der Waals surface area contributed by atoms with Gasteiger partial charge in [0.1, 0.15) is 5.75 Å². The summed E-state index contributed by atoms with van der Waals surface area (Å²) in [5.41, 5.74) is 4.39. The number of carbonyl (C=O) groups is 2. The van der Waals surface area contributed by atoms with Gasteiger partial charge in [-0.15, -0.1) is 0 Å². The zero-order valence-electron chi connectivity index (χ0n) is 19.0. The molecule has 0 fully saturated rings. The smallest absolute Gasteiger partial charge is 0.319 e. The number of carbonyl (C=O) groups excluding carboxylic acids is 1. The third-order valence-corrected chi connectivity index (χ3v) is 5.63. The van der Waals surface area contributed by atoms with Gasteiger partial charge in [-0.3, -0.25) is 9.59 Å². The Labute approximate surface area is 191 Å². The van der Waals surface area contributed by atoms with Crippen LogP contribution in [0, 0.1) is 20.8 Å². The summed E-state index contributed by atoms with van der Waals surface area (Å²) in [4.78, 5) is 36.6. The van der Waals surface area contributed by atoms with E-state index in [-0.39, 0.29) is 17.9 Å². The monoisotopic (exact) mass is 449 g/mol. The topological polar surface area (TPSA) is 121 Å². The van der Waals surface area contributed by atoms with E-state index < -0.39 is 23.6 Å². The van der Waals surface area contributed by atoms with Crippen LogP contribution < -0.4 is 16.2 Å². The number of nitrogens with one attached hydrogen (secondary N) is 2. The van der Waals surface area contributed by atoms with Gasteiger partial charge < -0.3 is 25.4 Å². The summed E-state index contributed by atoms with van der Waals surface area (Å²) in [7, 11) is 1.52. The van der Waals surface area contributed by atoms with Crippen LogP contribution in [-0.2, 0) is 11.8 Å². The Morgan fingerprint density at radius 2 is 1.67 bits per heavy atom. The van der Waals surface area contributed by atoms with Gasteiger partial charge in [0.25, 0.3) is 5.56 Å². The Kier molecular flexibility index (Phi) is 6.86. The van der Waals surface area contributed by atoms with Crippen LogP contribution in [0.4, 0.5) is 10.5 Å². The normalized spacial score (nSPS) is 11.6. The number of benzene rings is 2. The van der Waals surface area contributed by atoms with E-state index in [1.54, 1.807) is 13.0 Å². The molecule has 2 amide bonds. The molecule has 4 N–H and O–H groups in total. The summed E-state index contributed by atoms with van der Waals surface area (Å²) < 4.78 is 1.29. The van der Waals surface area contributed by atoms with Crippen molar-refractivity contribution < 1.29 is 19.8 Å². The number of aryl methyl sites for hydroxylation is 3. The van der Waals surface area contributed by atoms with Gasteiger partial charge in [-0.2, -0.15) is 0 Å². The number of urea groups is 1. The molecule has 2 aromatic carbocycles. The first kappa shape index (κ1) is 23.6. The number of rotatable bonds is 6. The van der Waals surface area contributed by atoms with Crippen molar-refractivity contribution in [3.63, 3.8) is 0 Å². The molecule has 0 aliphatic carbocycles. The lowest BCUT2D eigenvalue weighted by Crippen LogP contribution is -2.36. The van der Waals surface area contributed by atoms with Gasteiger partial charge in [0.05, 0.1) is 12.5 Å². The first-order chi connectivity index (χ1) is 15.6. The zero-order valence-corrected chi connectivity index (χ0v) is 19.0. The number of anilines is 1. The Morgan fingerprint density at radius 3 is 2.30 bits per heavy atom. The van der Waals surface area contributed by atoms with E-state index in [1.807, 2.05) is 50.2 Å². The van der Waals surface area contributed by atoms with Gasteiger partial charge in [0, 0.05) is 18.8 Å². The first-order valence-corrected chi connectivity index (χ1v) is 10.4. The predicted molar refractivity (Wildman–Crippen MR) is 127 cm³/mol. The molecule has 0 radical (unpaired) electrons. The Bertz CT molecular complexity index is 1260. The van der Waals surface area contributed by atoms with Crippen LogP contribution in [0.5, 0.6) is 5.75 Å². The van der Waals surface area contributed by atoms with Gasteiger partial charge in [-0.05, 0) is 54.7 Å². The van der Waals surface area contributed by atoms with E-state index in [1.165, 1.54) is 17.7 Å². The van der Waals surface area contributed by atoms with E-state index in [9.17, 15) is 24.6 Å². The van der Waals surface area contributed by atoms with Crippen molar-refractivity contribution in [2.24, 2.45) is 7.05 Å². The second-order valence-corrected chi connectivity index (χ2v) is 8.05. The summed E-state index contributed by atoms with van der Waals surface area (Å²) in [6.45, 7) is 5.66. The van der Waals surface area contributed by atoms with Gasteiger partial charge in [-0.25, -0.2) is 4.79 Å². The molecule has 172 valence electrons. The minimum absolute atomic E-state index is 0.279. The second kappa shape index (κ2) is 9.60. The van der Waals surface area contributed by atoms with Crippen molar-refractivity contribution in [2.75, 3.05) is 5.32 Å². The van der Waals surface area contributed by atoms with E-state index in [2.05, 4.69) is 10.6 Å². The molecule has 1 atom stereocenters. The van der Waals surface area contributed by atoms with Crippen LogP contribution in [0.3, 0.4) is 0 Å². The van der Waals surface area contributed by atoms with Crippen molar-refractivity contribution in [3.8, 4) is 16.9 Å². The summed E-state index contributed by atoms with van der Waals surface area (Å²) in [6.07, 6.45) is -0.360. The molecule has 1 aromatic heterocycles. The molecule has 8 nitrogen and oxygen atoms in total. The highest BCUT2D eigenvalue weighted by Crippen LogP contribution is 2.30. The van der Waals surface area contributed by atoms with Crippen LogP contribution in [0.1, 0.15) is 34.8 Å².